The third kappa shape index (κ3) is 6.41. The van der Waals surface area contributed by atoms with Crippen LogP contribution in [0.15, 0.2) is 42.5 Å². The lowest BCUT2D eigenvalue weighted by Crippen LogP contribution is -2.21. The molecule has 0 aliphatic rings. The van der Waals surface area contributed by atoms with Gasteiger partial charge in [-0.05, 0) is 54.8 Å². The van der Waals surface area contributed by atoms with Crippen molar-refractivity contribution in [2.24, 2.45) is 5.92 Å². The Kier molecular flexibility index (Phi) is 7.04. The zero-order chi connectivity index (χ0) is 19.1. The maximum Gasteiger partial charge on any atom is 0.243 e. The average Bonchev–Trinajstić information content (AvgIpc) is 2.57. The molecule has 26 heavy (non-hydrogen) atoms. The summed E-state index contributed by atoms with van der Waals surface area (Å²) in [4.78, 5) is 23.8. The molecular weight excluding hydrogens is 350 g/mol. The molecule has 138 valence electrons. The smallest absolute Gasteiger partial charge is 0.243 e. The highest BCUT2D eigenvalue weighted by molar-refractivity contribution is 6.31. The fourth-order valence-electron chi connectivity index (χ4n) is 2.31. The predicted octanol–water partition coefficient (Wildman–Crippen LogP) is 4.68. The summed E-state index contributed by atoms with van der Waals surface area (Å²) in [6.45, 7) is 6.04. The fraction of sp³-hybridized carbons (Fsp3) is 0.300. The van der Waals surface area contributed by atoms with E-state index in [-0.39, 0.29) is 18.4 Å². The molecule has 0 spiro atoms. The van der Waals surface area contributed by atoms with Gasteiger partial charge in [-0.1, -0.05) is 31.5 Å². The molecule has 5 nitrogen and oxygen atoms in total. The van der Waals surface area contributed by atoms with Crippen LogP contribution < -0.4 is 16.0 Å². The van der Waals surface area contributed by atoms with Gasteiger partial charge in [-0.25, -0.2) is 0 Å². The highest BCUT2D eigenvalue weighted by Crippen LogP contribution is 2.20. The Morgan fingerprint density at radius 1 is 0.923 bits per heavy atom. The number of nitrogens with one attached hydrogen (secondary N) is 3. The van der Waals surface area contributed by atoms with Crippen molar-refractivity contribution in [2.75, 3.05) is 22.5 Å². The molecule has 3 N–H and O–H groups in total. The maximum atomic E-state index is 12.0. The van der Waals surface area contributed by atoms with E-state index in [1.54, 1.807) is 18.2 Å². The Labute approximate surface area is 159 Å². The summed E-state index contributed by atoms with van der Waals surface area (Å²) in [5.41, 5.74) is 3.16. The summed E-state index contributed by atoms with van der Waals surface area (Å²) in [6, 6.07) is 12.6. The zero-order valence-corrected chi connectivity index (χ0v) is 16.0. The lowest BCUT2D eigenvalue weighted by atomic mass is 10.1. The summed E-state index contributed by atoms with van der Waals surface area (Å²) in [6.07, 6.45) is 0.489. The minimum atomic E-state index is -0.167. The van der Waals surface area contributed by atoms with Crippen molar-refractivity contribution < 1.29 is 9.59 Å². The van der Waals surface area contributed by atoms with E-state index in [1.165, 1.54) is 0 Å². The van der Waals surface area contributed by atoms with Crippen molar-refractivity contribution >= 4 is 40.5 Å². The number of halogens is 1. The van der Waals surface area contributed by atoms with Crippen LogP contribution in [-0.2, 0) is 9.59 Å². The van der Waals surface area contributed by atoms with Crippen LogP contribution in [0.25, 0.3) is 0 Å². The second-order valence-corrected chi connectivity index (χ2v) is 7.00. The summed E-state index contributed by atoms with van der Waals surface area (Å²) < 4.78 is 0. The van der Waals surface area contributed by atoms with E-state index in [2.05, 4.69) is 16.0 Å². The number of hydrogen-bond donors (Lipinski definition) is 3. The Bertz CT molecular complexity index is 773. The van der Waals surface area contributed by atoms with E-state index in [1.807, 2.05) is 45.0 Å². The second-order valence-electron chi connectivity index (χ2n) is 6.59. The number of rotatable bonds is 7. The van der Waals surface area contributed by atoms with Crippen LogP contribution in [0, 0.1) is 12.8 Å². The Morgan fingerprint density at radius 3 is 2.12 bits per heavy atom. The van der Waals surface area contributed by atoms with Crippen LogP contribution in [0.4, 0.5) is 17.1 Å². The van der Waals surface area contributed by atoms with Gasteiger partial charge in [-0.15, -0.1) is 0 Å². The molecule has 0 fully saturated rings. The molecule has 0 heterocycles. The molecular formula is C20H24ClN3O2. The molecule has 0 bridgehead atoms. The molecule has 0 radical (unpaired) electrons. The van der Waals surface area contributed by atoms with E-state index in [0.717, 1.165) is 16.9 Å². The van der Waals surface area contributed by atoms with Crippen LogP contribution in [0.1, 0.15) is 25.8 Å². The van der Waals surface area contributed by atoms with Crippen LogP contribution in [-0.4, -0.2) is 18.4 Å². The topological polar surface area (TPSA) is 70.2 Å². The van der Waals surface area contributed by atoms with Gasteiger partial charge in [0.15, 0.2) is 0 Å². The van der Waals surface area contributed by atoms with Crippen LogP contribution in [0.5, 0.6) is 0 Å². The monoisotopic (exact) mass is 373 g/mol. The highest BCUT2D eigenvalue weighted by atomic mass is 35.5. The van der Waals surface area contributed by atoms with Gasteiger partial charge in [-0.2, -0.15) is 0 Å². The van der Waals surface area contributed by atoms with Gasteiger partial charge in [0.25, 0.3) is 0 Å². The molecule has 0 atom stereocenters. The van der Waals surface area contributed by atoms with E-state index in [0.29, 0.717) is 23.0 Å². The quantitative estimate of drug-likeness (QED) is 0.659. The zero-order valence-electron chi connectivity index (χ0n) is 15.2. The number of amides is 2. The molecule has 0 aromatic heterocycles. The standard InChI is InChI=1S/C20H24ClN3O2/c1-13(2)10-19(25)23-16-8-6-15(7-9-16)22-12-20(26)24-17-5-4-14(3)18(21)11-17/h4-9,11,13,22H,10,12H2,1-3H3,(H,23,25)(H,24,26). The third-order valence-electron chi connectivity index (χ3n) is 3.67. The molecule has 0 aliphatic carbocycles. The molecule has 2 aromatic carbocycles. The molecule has 0 saturated heterocycles. The van der Waals surface area contributed by atoms with Gasteiger partial charge >= 0.3 is 0 Å². The van der Waals surface area contributed by atoms with E-state index >= 15 is 0 Å². The number of carbonyl (C=O) groups excluding carboxylic acids is 2. The number of carbonyl (C=O) groups is 2. The third-order valence-corrected chi connectivity index (χ3v) is 4.08. The van der Waals surface area contributed by atoms with Crippen molar-refractivity contribution in [1.82, 2.24) is 0 Å². The van der Waals surface area contributed by atoms with E-state index in [9.17, 15) is 9.59 Å². The van der Waals surface area contributed by atoms with Gasteiger partial charge in [0.2, 0.25) is 11.8 Å². The van der Waals surface area contributed by atoms with Crippen LogP contribution in [0.3, 0.4) is 0 Å². The fourth-order valence-corrected chi connectivity index (χ4v) is 2.49. The number of hydrogen-bond acceptors (Lipinski definition) is 3. The van der Waals surface area contributed by atoms with Gasteiger partial charge < -0.3 is 16.0 Å². The van der Waals surface area contributed by atoms with E-state index < -0.39 is 0 Å². The molecule has 0 saturated carbocycles. The first-order valence-electron chi connectivity index (χ1n) is 8.53. The summed E-state index contributed by atoms with van der Waals surface area (Å²) >= 11 is 6.05. The largest absolute Gasteiger partial charge is 0.376 e. The highest BCUT2D eigenvalue weighted by Gasteiger charge is 2.06. The normalized spacial score (nSPS) is 10.5. The lowest BCUT2D eigenvalue weighted by molar-refractivity contribution is -0.117. The number of benzene rings is 2. The van der Waals surface area contributed by atoms with Gasteiger partial charge in [0, 0.05) is 28.5 Å². The van der Waals surface area contributed by atoms with Crippen molar-refractivity contribution in [3.63, 3.8) is 0 Å². The first kappa shape index (κ1) is 19.8. The Balaban J connectivity index is 1.82. The Morgan fingerprint density at radius 2 is 1.50 bits per heavy atom. The van der Waals surface area contributed by atoms with Crippen molar-refractivity contribution in [1.29, 1.82) is 0 Å². The van der Waals surface area contributed by atoms with Crippen LogP contribution in [0.2, 0.25) is 5.02 Å². The summed E-state index contributed by atoms with van der Waals surface area (Å²) in [7, 11) is 0. The van der Waals surface area contributed by atoms with Gasteiger partial charge in [0.05, 0.1) is 6.54 Å². The van der Waals surface area contributed by atoms with Crippen LogP contribution >= 0.6 is 11.6 Å². The number of aryl methyl sites for hydroxylation is 1. The lowest BCUT2D eigenvalue weighted by Gasteiger charge is -2.10. The van der Waals surface area contributed by atoms with Crippen molar-refractivity contribution in [2.45, 2.75) is 27.2 Å². The SMILES string of the molecule is Cc1ccc(NC(=O)CNc2ccc(NC(=O)CC(C)C)cc2)cc1Cl. The maximum absolute atomic E-state index is 12.0. The summed E-state index contributed by atoms with van der Waals surface area (Å²) in [5.74, 6) is 0.147. The Hall–Kier alpha value is -2.53. The average molecular weight is 374 g/mol. The van der Waals surface area contributed by atoms with E-state index in [4.69, 9.17) is 11.6 Å². The molecule has 2 aromatic rings. The first-order valence-corrected chi connectivity index (χ1v) is 8.91. The second kappa shape index (κ2) is 9.25. The minimum absolute atomic E-state index is 0.00292. The van der Waals surface area contributed by atoms with Gasteiger partial charge in [0.1, 0.15) is 0 Å². The molecule has 0 unspecified atom stereocenters. The summed E-state index contributed by atoms with van der Waals surface area (Å²) in [5, 5.41) is 9.30. The predicted molar refractivity (Wildman–Crippen MR) is 108 cm³/mol. The molecule has 2 rings (SSSR count). The number of anilines is 3. The molecule has 0 aliphatic heterocycles. The van der Waals surface area contributed by atoms with Gasteiger partial charge in [-0.3, -0.25) is 9.59 Å². The molecule has 2 amide bonds. The van der Waals surface area contributed by atoms with Crippen molar-refractivity contribution in [3.05, 3.63) is 53.1 Å². The minimum Gasteiger partial charge on any atom is -0.376 e. The first-order chi connectivity index (χ1) is 12.3. The van der Waals surface area contributed by atoms with Crippen molar-refractivity contribution in [3.8, 4) is 0 Å². The molecule has 6 heteroatoms.